The number of aryl methyl sites for hydroxylation is 1. The van der Waals surface area contributed by atoms with Crippen molar-refractivity contribution in [2.75, 3.05) is 24.7 Å². The Hall–Kier alpha value is -2.45. The normalized spacial score (nSPS) is 16.6. The second-order valence-electron chi connectivity index (χ2n) is 7.32. The van der Waals surface area contributed by atoms with E-state index in [0.717, 1.165) is 29.1 Å². The minimum absolute atomic E-state index is 0.156. The third-order valence-corrected chi connectivity index (χ3v) is 5.97. The lowest BCUT2D eigenvalue weighted by molar-refractivity contribution is -0.148. The molecule has 0 fully saturated rings. The second kappa shape index (κ2) is 10.7. The average Bonchev–Trinajstić information content (AvgIpc) is 3.23. The maximum absolute atomic E-state index is 13.1. The number of carbonyl (C=O) groups excluding carboxylic acids is 2. The van der Waals surface area contributed by atoms with E-state index in [1.807, 2.05) is 37.4 Å². The largest absolute Gasteiger partial charge is 0.479 e. The number of thiazole rings is 1. The topological polar surface area (TPSA) is 78.0 Å². The predicted molar refractivity (Wildman–Crippen MR) is 121 cm³/mol. The minimum Gasteiger partial charge on any atom is -0.479 e. The molecule has 168 valence electrons. The first-order chi connectivity index (χ1) is 15.0. The Morgan fingerprint density at radius 3 is 2.81 bits per heavy atom. The van der Waals surface area contributed by atoms with Gasteiger partial charge in [-0.3, -0.25) is 9.69 Å². The summed E-state index contributed by atoms with van der Waals surface area (Å²) in [4.78, 5) is 32.1. The summed E-state index contributed by atoms with van der Waals surface area (Å²) in [6.07, 6.45) is 1.72. The van der Waals surface area contributed by atoms with Crippen LogP contribution in [0, 0.1) is 0 Å². The fourth-order valence-corrected chi connectivity index (χ4v) is 4.42. The van der Waals surface area contributed by atoms with Gasteiger partial charge in [0.15, 0.2) is 6.10 Å². The summed E-state index contributed by atoms with van der Waals surface area (Å²) >= 11 is 1.63. The summed E-state index contributed by atoms with van der Waals surface area (Å²) in [5, 5.41) is 3.10. The summed E-state index contributed by atoms with van der Waals surface area (Å²) in [6, 6.07) is 4.92. The monoisotopic (exact) mass is 446 g/mol. The van der Waals surface area contributed by atoms with E-state index in [-0.39, 0.29) is 12.5 Å². The first kappa shape index (κ1) is 23.2. The van der Waals surface area contributed by atoms with Crippen molar-refractivity contribution < 1.29 is 23.8 Å². The zero-order valence-corrected chi connectivity index (χ0v) is 19.4. The quantitative estimate of drug-likeness (QED) is 0.401. The first-order valence-electron chi connectivity index (χ1n) is 10.8. The van der Waals surface area contributed by atoms with E-state index in [0.29, 0.717) is 31.1 Å². The Labute approximate surface area is 187 Å². The van der Waals surface area contributed by atoms with Gasteiger partial charge >= 0.3 is 5.97 Å². The lowest BCUT2D eigenvalue weighted by Gasteiger charge is -2.37. The summed E-state index contributed by atoms with van der Waals surface area (Å²) in [5.74, 6) is -0.136. The molecule has 1 aromatic carbocycles. The molecule has 1 aromatic heterocycles. The van der Waals surface area contributed by atoms with Crippen molar-refractivity contribution in [1.82, 2.24) is 4.98 Å². The molecule has 7 nitrogen and oxygen atoms in total. The highest BCUT2D eigenvalue weighted by Gasteiger charge is 2.39. The highest BCUT2D eigenvalue weighted by molar-refractivity contribution is 7.09. The Morgan fingerprint density at radius 1 is 1.29 bits per heavy atom. The van der Waals surface area contributed by atoms with Crippen molar-refractivity contribution in [3.05, 3.63) is 28.6 Å². The molecule has 2 aromatic rings. The molecule has 31 heavy (non-hydrogen) atoms. The van der Waals surface area contributed by atoms with Crippen LogP contribution in [0.2, 0.25) is 0 Å². The molecule has 0 spiro atoms. The van der Waals surface area contributed by atoms with Crippen molar-refractivity contribution in [2.24, 2.45) is 0 Å². The van der Waals surface area contributed by atoms with Crippen LogP contribution in [-0.2, 0) is 25.5 Å². The third-order valence-electron chi connectivity index (χ3n) is 5.07. The summed E-state index contributed by atoms with van der Waals surface area (Å²) in [5.41, 5.74) is 2.31. The lowest BCUT2D eigenvalue weighted by Crippen LogP contribution is -2.53. The molecular weight excluding hydrogens is 416 g/mol. The van der Waals surface area contributed by atoms with E-state index in [4.69, 9.17) is 19.2 Å². The van der Waals surface area contributed by atoms with Crippen LogP contribution in [0.25, 0.3) is 11.3 Å². The Balaban J connectivity index is 1.91. The van der Waals surface area contributed by atoms with Gasteiger partial charge in [-0.25, -0.2) is 9.78 Å². The molecule has 1 amide bonds. The van der Waals surface area contributed by atoms with E-state index < -0.39 is 18.1 Å². The van der Waals surface area contributed by atoms with Crippen LogP contribution in [0.1, 0.15) is 45.5 Å². The summed E-state index contributed by atoms with van der Waals surface area (Å²) in [7, 11) is 0. The zero-order chi connectivity index (χ0) is 22.4. The predicted octanol–water partition coefficient (Wildman–Crippen LogP) is 4.23. The van der Waals surface area contributed by atoms with E-state index >= 15 is 0 Å². The van der Waals surface area contributed by atoms with Gasteiger partial charge in [0.05, 0.1) is 23.0 Å². The van der Waals surface area contributed by atoms with Gasteiger partial charge in [0.1, 0.15) is 18.4 Å². The molecule has 2 heterocycles. The molecule has 2 atom stereocenters. The van der Waals surface area contributed by atoms with Crippen LogP contribution < -0.4 is 9.64 Å². The van der Waals surface area contributed by atoms with E-state index in [2.05, 4.69) is 6.92 Å². The third kappa shape index (κ3) is 5.25. The number of hydrogen-bond donors (Lipinski definition) is 0. The van der Waals surface area contributed by atoms with Crippen LogP contribution >= 0.6 is 11.3 Å². The smallest absolute Gasteiger partial charge is 0.329 e. The molecule has 1 aliphatic heterocycles. The maximum Gasteiger partial charge on any atom is 0.329 e. The van der Waals surface area contributed by atoms with E-state index in [9.17, 15) is 9.59 Å². The van der Waals surface area contributed by atoms with Gasteiger partial charge in [0.2, 0.25) is 0 Å². The number of carbonyl (C=O) groups is 2. The number of ether oxygens (including phenoxy) is 3. The number of rotatable bonds is 10. The summed E-state index contributed by atoms with van der Waals surface area (Å²) < 4.78 is 16.4. The standard InChI is InChI=1S/C23H30N2O5S/c1-5-8-21-24-17(14-31-21)16-9-10-20-19(13-16)25(22(26)15(4)30-20)18(6-2)23(27)29-12-11-28-7-3/h9-10,13-15,18H,5-8,11-12H2,1-4H3. The first-order valence-corrected chi connectivity index (χ1v) is 11.7. The zero-order valence-electron chi connectivity index (χ0n) is 18.6. The van der Waals surface area contributed by atoms with Gasteiger partial charge in [0, 0.05) is 17.6 Å². The van der Waals surface area contributed by atoms with Gasteiger partial charge in [0.25, 0.3) is 5.91 Å². The van der Waals surface area contributed by atoms with Crippen LogP contribution in [0.4, 0.5) is 5.69 Å². The van der Waals surface area contributed by atoms with Crippen molar-refractivity contribution in [3.8, 4) is 17.0 Å². The Bertz CT molecular complexity index is 913. The molecule has 0 saturated carbocycles. The number of amides is 1. The van der Waals surface area contributed by atoms with E-state index in [1.54, 1.807) is 18.3 Å². The van der Waals surface area contributed by atoms with Crippen molar-refractivity contribution in [2.45, 2.75) is 59.1 Å². The molecule has 0 bridgehead atoms. The number of aromatic nitrogens is 1. The molecule has 0 N–H and O–H groups in total. The number of fused-ring (bicyclic) bond motifs is 1. The fraction of sp³-hybridized carbons (Fsp3) is 0.522. The van der Waals surface area contributed by atoms with Crippen LogP contribution in [0.3, 0.4) is 0 Å². The van der Waals surface area contributed by atoms with Gasteiger partial charge < -0.3 is 14.2 Å². The van der Waals surface area contributed by atoms with Gasteiger partial charge in [-0.05, 0) is 51.3 Å². The maximum atomic E-state index is 13.1. The minimum atomic E-state index is -0.736. The highest BCUT2D eigenvalue weighted by Crippen LogP contribution is 2.39. The second-order valence-corrected chi connectivity index (χ2v) is 8.26. The van der Waals surface area contributed by atoms with Crippen LogP contribution in [-0.4, -0.2) is 48.8 Å². The lowest BCUT2D eigenvalue weighted by atomic mass is 10.0. The molecular formula is C23H30N2O5S. The number of hydrogen-bond acceptors (Lipinski definition) is 7. The average molecular weight is 447 g/mol. The fourth-order valence-electron chi connectivity index (χ4n) is 3.51. The number of benzene rings is 1. The van der Waals surface area contributed by atoms with Gasteiger partial charge in [-0.1, -0.05) is 13.8 Å². The van der Waals surface area contributed by atoms with Gasteiger partial charge in [-0.15, -0.1) is 11.3 Å². The highest BCUT2D eigenvalue weighted by atomic mass is 32.1. The van der Waals surface area contributed by atoms with Gasteiger partial charge in [-0.2, -0.15) is 0 Å². The molecule has 0 saturated heterocycles. The molecule has 2 unspecified atom stereocenters. The van der Waals surface area contributed by atoms with Crippen LogP contribution in [0.5, 0.6) is 5.75 Å². The van der Waals surface area contributed by atoms with E-state index in [1.165, 1.54) is 4.90 Å². The number of anilines is 1. The molecule has 3 rings (SSSR count). The number of nitrogens with zero attached hydrogens (tertiary/aromatic N) is 2. The van der Waals surface area contributed by atoms with Crippen molar-refractivity contribution >= 4 is 28.9 Å². The van der Waals surface area contributed by atoms with Crippen LogP contribution in [0.15, 0.2) is 23.6 Å². The SMILES string of the molecule is CCCc1nc(-c2ccc3c(c2)N(C(CC)C(=O)OCCOCC)C(=O)C(C)O3)cs1. The molecule has 0 aliphatic carbocycles. The van der Waals surface area contributed by atoms with Crippen molar-refractivity contribution in [1.29, 1.82) is 0 Å². The molecule has 0 radical (unpaired) electrons. The molecule has 1 aliphatic rings. The summed E-state index contributed by atoms with van der Waals surface area (Å²) in [6.45, 7) is 8.60. The van der Waals surface area contributed by atoms with Crippen molar-refractivity contribution in [3.63, 3.8) is 0 Å². The Morgan fingerprint density at radius 2 is 2.10 bits per heavy atom. The Kier molecular flexibility index (Phi) is 8.03. The number of esters is 1. The molecule has 8 heteroatoms.